The molecule has 1 aliphatic rings. The average molecular weight is 186 g/mol. The fraction of sp³-hybridized carbons (Fsp3) is 0.875. The Bertz CT molecular complexity index is 185. The molecule has 1 amide bonds. The maximum absolute atomic E-state index is 11.2. The lowest BCUT2D eigenvalue weighted by molar-refractivity contribution is -0.125. The van der Waals surface area contributed by atoms with Gasteiger partial charge in [0.25, 0.3) is 5.91 Å². The van der Waals surface area contributed by atoms with Crippen molar-refractivity contribution < 1.29 is 4.79 Å². The van der Waals surface area contributed by atoms with Crippen molar-refractivity contribution in [2.24, 2.45) is 17.5 Å². The summed E-state index contributed by atoms with van der Waals surface area (Å²) in [6.45, 7) is 4.41. The van der Waals surface area contributed by atoms with Gasteiger partial charge in [0, 0.05) is 6.54 Å². The van der Waals surface area contributed by atoms with Crippen LogP contribution in [-0.2, 0) is 4.79 Å². The first-order chi connectivity index (χ1) is 6.19. The molecule has 1 fully saturated rings. The Kier molecular flexibility index (Phi) is 3.65. The van der Waals surface area contributed by atoms with Gasteiger partial charge in [0.2, 0.25) is 0 Å². The Labute approximate surface area is 78.4 Å². The maximum Gasteiger partial charge on any atom is 0.250 e. The van der Waals surface area contributed by atoms with Crippen LogP contribution < -0.4 is 17.0 Å². The minimum absolute atomic E-state index is 0.127. The monoisotopic (exact) mass is 186 g/mol. The standard InChI is InChI=1S/C8H18N4O/c1-6(8(13)11-10)12-3-2-7(4-9)5-12/h6-7H,2-5,9-10H2,1H3,(H,11,13). The number of carbonyl (C=O) groups is 1. The Morgan fingerprint density at radius 1 is 1.77 bits per heavy atom. The number of nitrogens with two attached hydrogens (primary N) is 2. The van der Waals surface area contributed by atoms with E-state index in [1.165, 1.54) is 0 Å². The third kappa shape index (κ3) is 2.40. The molecule has 2 atom stereocenters. The van der Waals surface area contributed by atoms with Gasteiger partial charge in [-0.3, -0.25) is 15.1 Å². The lowest BCUT2D eigenvalue weighted by Gasteiger charge is -2.22. The highest BCUT2D eigenvalue weighted by Crippen LogP contribution is 2.17. The smallest absolute Gasteiger partial charge is 0.250 e. The van der Waals surface area contributed by atoms with E-state index < -0.39 is 0 Å². The molecule has 1 heterocycles. The molecule has 2 unspecified atom stereocenters. The zero-order chi connectivity index (χ0) is 9.84. The van der Waals surface area contributed by atoms with E-state index in [-0.39, 0.29) is 11.9 Å². The summed E-state index contributed by atoms with van der Waals surface area (Å²) in [5.74, 6) is 5.46. The zero-order valence-electron chi connectivity index (χ0n) is 7.99. The second-order valence-corrected chi connectivity index (χ2v) is 3.57. The highest BCUT2D eigenvalue weighted by atomic mass is 16.2. The van der Waals surface area contributed by atoms with Gasteiger partial charge in [-0.2, -0.15) is 0 Å². The molecule has 1 rings (SSSR count). The number of hydrogen-bond acceptors (Lipinski definition) is 4. The number of amides is 1. The summed E-state index contributed by atoms with van der Waals surface area (Å²) >= 11 is 0. The second kappa shape index (κ2) is 4.55. The molecule has 0 aliphatic carbocycles. The molecule has 13 heavy (non-hydrogen) atoms. The number of hydrogen-bond donors (Lipinski definition) is 3. The van der Waals surface area contributed by atoms with Gasteiger partial charge in [-0.25, -0.2) is 5.84 Å². The third-order valence-corrected chi connectivity index (χ3v) is 2.72. The molecule has 5 heteroatoms. The van der Waals surface area contributed by atoms with E-state index in [1.807, 2.05) is 6.92 Å². The average Bonchev–Trinajstić information content (AvgIpc) is 2.63. The number of likely N-dealkylation sites (tertiary alicyclic amines) is 1. The second-order valence-electron chi connectivity index (χ2n) is 3.57. The van der Waals surface area contributed by atoms with E-state index in [0.29, 0.717) is 12.5 Å². The molecule has 1 saturated heterocycles. The predicted octanol–water partition coefficient (Wildman–Crippen LogP) is -1.35. The van der Waals surface area contributed by atoms with Crippen molar-refractivity contribution in [2.45, 2.75) is 19.4 Å². The Balaban J connectivity index is 2.41. The molecule has 0 saturated carbocycles. The van der Waals surface area contributed by atoms with Crippen molar-refractivity contribution in [3.8, 4) is 0 Å². The predicted molar refractivity (Wildman–Crippen MR) is 50.5 cm³/mol. The van der Waals surface area contributed by atoms with Crippen LogP contribution in [0.25, 0.3) is 0 Å². The molecule has 5 N–H and O–H groups in total. The maximum atomic E-state index is 11.2. The first-order valence-corrected chi connectivity index (χ1v) is 4.63. The van der Waals surface area contributed by atoms with Crippen LogP contribution in [0.4, 0.5) is 0 Å². The highest BCUT2D eigenvalue weighted by molar-refractivity contribution is 5.80. The van der Waals surface area contributed by atoms with Gasteiger partial charge >= 0.3 is 0 Å². The molecular formula is C8H18N4O. The largest absolute Gasteiger partial charge is 0.330 e. The summed E-state index contributed by atoms with van der Waals surface area (Å²) in [7, 11) is 0. The molecular weight excluding hydrogens is 168 g/mol. The summed E-state index contributed by atoms with van der Waals surface area (Å²) in [5.41, 5.74) is 7.72. The number of carbonyl (C=O) groups excluding carboxylic acids is 1. The molecule has 76 valence electrons. The molecule has 1 aliphatic heterocycles. The topological polar surface area (TPSA) is 84.4 Å². The summed E-state index contributed by atoms with van der Waals surface area (Å²) in [6.07, 6.45) is 1.08. The third-order valence-electron chi connectivity index (χ3n) is 2.72. The van der Waals surface area contributed by atoms with Gasteiger partial charge in [-0.15, -0.1) is 0 Å². The lowest BCUT2D eigenvalue weighted by Crippen LogP contribution is -2.46. The fourth-order valence-corrected chi connectivity index (χ4v) is 1.69. The summed E-state index contributed by atoms with van der Waals surface area (Å²) in [5, 5.41) is 0. The zero-order valence-corrected chi connectivity index (χ0v) is 7.99. The van der Waals surface area contributed by atoms with Crippen LogP contribution in [0.15, 0.2) is 0 Å². The van der Waals surface area contributed by atoms with Gasteiger partial charge in [-0.05, 0) is 32.4 Å². The number of rotatable bonds is 3. The van der Waals surface area contributed by atoms with Crippen LogP contribution in [0.3, 0.4) is 0 Å². The molecule has 0 bridgehead atoms. The van der Waals surface area contributed by atoms with Crippen LogP contribution in [0.5, 0.6) is 0 Å². The molecule has 0 aromatic heterocycles. The SMILES string of the molecule is CC(C(=O)NN)N1CCC(CN)C1. The first-order valence-electron chi connectivity index (χ1n) is 4.63. The molecule has 0 radical (unpaired) electrons. The van der Waals surface area contributed by atoms with Crippen LogP contribution in [0.1, 0.15) is 13.3 Å². The summed E-state index contributed by atoms with van der Waals surface area (Å²) < 4.78 is 0. The van der Waals surface area contributed by atoms with E-state index in [9.17, 15) is 4.79 Å². The number of nitrogens with zero attached hydrogens (tertiary/aromatic N) is 1. The van der Waals surface area contributed by atoms with Crippen molar-refractivity contribution in [3.63, 3.8) is 0 Å². The fourth-order valence-electron chi connectivity index (χ4n) is 1.69. The van der Waals surface area contributed by atoms with Crippen LogP contribution in [0, 0.1) is 5.92 Å². The highest BCUT2D eigenvalue weighted by Gasteiger charge is 2.28. The van der Waals surface area contributed by atoms with E-state index in [4.69, 9.17) is 11.6 Å². The van der Waals surface area contributed by atoms with Gasteiger partial charge in [0.1, 0.15) is 0 Å². The molecule has 5 nitrogen and oxygen atoms in total. The molecule has 0 spiro atoms. The molecule has 0 aromatic rings. The van der Waals surface area contributed by atoms with Crippen LogP contribution in [-0.4, -0.2) is 36.5 Å². The molecule has 0 aromatic carbocycles. The van der Waals surface area contributed by atoms with Gasteiger partial charge < -0.3 is 5.73 Å². The van der Waals surface area contributed by atoms with Crippen molar-refractivity contribution >= 4 is 5.91 Å². The van der Waals surface area contributed by atoms with Crippen molar-refractivity contribution in [2.75, 3.05) is 19.6 Å². The van der Waals surface area contributed by atoms with Crippen molar-refractivity contribution in [3.05, 3.63) is 0 Å². The Morgan fingerprint density at radius 3 is 2.92 bits per heavy atom. The van der Waals surface area contributed by atoms with E-state index in [1.54, 1.807) is 0 Å². The quantitative estimate of drug-likeness (QED) is 0.289. The summed E-state index contributed by atoms with van der Waals surface area (Å²) in [4.78, 5) is 13.3. The van der Waals surface area contributed by atoms with E-state index >= 15 is 0 Å². The van der Waals surface area contributed by atoms with Gasteiger partial charge in [-0.1, -0.05) is 0 Å². The summed E-state index contributed by atoms with van der Waals surface area (Å²) in [6, 6.07) is -0.137. The van der Waals surface area contributed by atoms with Gasteiger partial charge in [0.15, 0.2) is 0 Å². The van der Waals surface area contributed by atoms with Crippen molar-refractivity contribution in [1.29, 1.82) is 0 Å². The first kappa shape index (κ1) is 10.4. The lowest BCUT2D eigenvalue weighted by atomic mass is 10.1. The van der Waals surface area contributed by atoms with Gasteiger partial charge in [0.05, 0.1) is 6.04 Å². The number of hydrazine groups is 1. The Hall–Kier alpha value is -0.650. The van der Waals surface area contributed by atoms with Crippen LogP contribution in [0.2, 0.25) is 0 Å². The number of nitrogens with one attached hydrogen (secondary N) is 1. The van der Waals surface area contributed by atoms with Crippen LogP contribution >= 0.6 is 0 Å². The van der Waals surface area contributed by atoms with Crippen molar-refractivity contribution in [1.82, 2.24) is 10.3 Å². The van der Waals surface area contributed by atoms with E-state index in [2.05, 4.69) is 10.3 Å². The minimum atomic E-state index is -0.137. The normalized spacial score (nSPS) is 25.9. The Morgan fingerprint density at radius 2 is 2.46 bits per heavy atom. The van der Waals surface area contributed by atoms with E-state index in [0.717, 1.165) is 19.5 Å². The minimum Gasteiger partial charge on any atom is -0.330 e.